The summed E-state index contributed by atoms with van der Waals surface area (Å²) in [6, 6.07) is 6.96. The molecule has 8 nitrogen and oxygen atoms in total. The van der Waals surface area contributed by atoms with Crippen molar-refractivity contribution in [3.8, 4) is 5.75 Å². The summed E-state index contributed by atoms with van der Waals surface area (Å²) in [4.78, 5) is 36.3. The van der Waals surface area contributed by atoms with Crippen LogP contribution in [0.3, 0.4) is 0 Å². The molecule has 0 bridgehead atoms. The summed E-state index contributed by atoms with van der Waals surface area (Å²) in [5, 5.41) is 3.45. The van der Waals surface area contributed by atoms with Gasteiger partial charge in [-0.3, -0.25) is 19.9 Å². The molecule has 182 valence electrons. The molecule has 2 amide bonds. The molecule has 0 spiro atoms. The summed E-state index contributed by atoms with van der Waals surface area (Å²) < 4.78 is 8.01. The Labute approximate surface area is 208 Å². The van der Waals surface area contributed by atoms with Gasteiger partial charge in [0.2, 0.25) is 11.9 Å². The summed E-state index contributed by atoms with van der Waals surface area (Å²) >= 11 is 6.89. The number of aromatic nitrogens is 3. The number of hydrogen-bond donors (Lipinski definition) is 1. The molecule has 1 N–H and O–H groups in total. The van der Waals surface area contributed by atoms with Gasteiger partial charge in [-0.25, -0.2) is 4.98 Å². The van der Waals surface area contributed by atoms with Crippen LogP contribution < -0.4 is 10.1 Å². The zero-order chi connectivity index (χ0) is 24.5. The van der Waals surface area contributed by atoms with E-state index < -0.39 is 0 Å². The van der Waals surface area contributed by atoms with Crippen LogP contribution >= 0.6 is 11.6 Å². The number of amides is 2. The van der Waals surface area contributed by atoms with Crippen LogP contribution in [-0.2, 0) is 4.79 Å². The number of halogens is 1. The number of nitrogens with one attached hydrogen (secondary N) is 1. The van der Waals surface area contributed by atoms with E-state index in [1.54, 1.807) is 23.2 Å². The lowest BCUT2D eigenvalue weighted by Crippen LogP contribution is -2.34. The number of imidazole rings is 1. The molecule has 1 saturated carbocycles. The number of pyridine rings is 1. The molecule has 9 heteroatoms. The lowest BCUT2D eigenvalue weighted by atomic mass is 10.1. The third-order valence-electron chi connectivity index (χ3n) is 6.46. The van der Waals surface area contributed by atoms with Crippen molar-refractivity contribution in [3.05, 3.63) is 59.4 Å². The Morgan fingerprint density at radius 3 is 2.80 bits per heavy atom. The van der Waals surface area contributed by atoms with Crippen molar-refractivity contribution in [1.82, 2.24) is 19.4 Å². The number of ether oxygens (including phenoxy) is 1. The van der Waals surface area contributed by atoms with Crippen molar-refractivity contribution in [3.63, 3.8) is 0 Å². The minimum Gasteiger partial charge on any atom is -0.489 e. The van der Waals surface area contributed by atoms with Gasteiger partial charge in [0.15, 0.2) is 0 Å². The second-order valence-corrected chi connectivity index (χ2v) is 9.52. The van der Waals surface area contributed by atoms with Crippen LogP contribution in [0.15, 0.2) is 43.1 Å². The Bertz CT molecular complexity index is 1300. The zero-order valence-corrected chi connectivity index (χ0v) is 20.4. The standard InChI is InChI=1S/C26H28ClN5O3/c1-3-22(33)31-13-5-4-6-18(15-31)32-24-20(9-10-21(23(24)27)35-19-7-8-19)29-26(32)30-25(34)17-11-12-28-16(2)14-17/h3,9-12,14,18-19H,1,4-8,13,15H2,2H3,(H,29,30,34)/t18-/m1/s1. The molecule has 35 heavy (non-hydrogen) atoms. The first kappa shape index (κ1) is 23.4. The van der Waals surface area contributed by atoms with Gasteiger partial charge in [-0.1, -0.05) is 18.2 Å². The van der Waals surface area contributed by atoms with Gasteiger partial charge in [0.1, 0.15) is 10.8 Å². The predicted molar refractivity (Wildman–Crippen MR) is 135 cm³/mol. The highest BCUT2D eigenvalue weighted by atomic mass is 35.5. The Kier molecular flexibility index (Phi) is 6.47. The van der Waals surface area contributed by atoms with Crippen LogP contribution in [0.2, 0.25) is 5.02 Å². The molecule has 0 unspecified atom stereocenters. The average molecular weight is 494 g/mol. The second kappa shape index (κ2) is 9.70. The van der Waals surface area contributed by atoms with Gasteiger partial charge in [0.25, 0.3) is 5.91 Å². The number of benzene rings is 1. The molecule has 1 atom stereocenters. The molecular formula is C26H28ClN5O3. The first-order chi connectivity index (χ1) is 16.9. The van der Waals surface area contributed by atoms with Gasteiger partial charge in [0, 0.05) is 30.5 Å². The summed E-state index contributed by atoms with van der Waals surface area (Å²) in [6.07, 6.45) is 7.81. The van der Waals surface area contributed by atoms with Gasteiger partial charge in [-0.2, -0.15) is 0 Å². The number of rotatable bonds is 6. The monoisotopic (exact) mass is 493 g/mol. The number of carbonyl (C=O) groups excluding carboxylic acids is 2. The molecule has 1 aliphatic heterocycles. The maximum Gasteiger partial charge on any atom is 0.258 e. The third-order valence-corrected chi connectivity index (χ3v) is 6.82. The van der Waals surface area contributed by atoms with E-state index in [0.717, 1.165) is 37.8 Å². The molecule has 2 aliphatic rings. The molecule has 2 aromatic heterocycles. The van der Waals surface area contributed by atoms with E-state index in [1.807, 2.05) is 23.6 Å². The number of aryl methyl sites for hydroxylation is 1. The van der Waals surface area contributed by atoms with E-state index >= 15 is 0 Å². The highest BCUT2D eigenvalue weighted by Crippen LogP contribution is 2.40. The number of likely N-dealkylation sites (tertiary alicyclic amines) is 1. The number of hydrogen-bond acceptors (Lipinski definition) is 5. The van der Waals surface area contributed by atoms with Gasteiger partial charge < -0.3 is 14.2 Å². The Morgan fingerprint density at radius 2 is 2.06 bits per heavy atom. The van der Waals surface area contributed by atoms with Crippen LogP contribution in [0.5, 0.6) is 5.75 Å². The van der Waals surface area contributed by atoms with Crippen molar-refractivity contribution in [2.24, 2.45) is 0 Å². The van der Waals surface area contributed by atoms with Gasteiger partial charge in [0.05, 0.1) is 23.2 Å². The summed E-state index contributed by atoms with van der Waals surface area (Å²) in [5.41, 5.74) is 2.59. The third kappa shape index (κ3) is 4.89. The molecule has 1 aliphatic carbocycles. The van der Waals surface area contributed by atoms with Crippen LogP contribution in [-0.4, -0.2) is 50.4 Å². The van der Waals surface area contributed by atoms with E-state index in [9.17, 15) is 9.59 Å². The molecule has 2 fully saturated rings. The number of nitrogens with zero attached hydrogens (tertiary/aromatic N) is 4. The summed E-state index contributed by atoms with van der Waals surface area (Å²) in [7, 11) is 0. The minimum atomic E-state index is -0.287. The number of fused-ring (bicyclic) bond motifs is 1. The Morgan fingerprint density at radius 1 is 1.23 bits per heavy atom. The van der Waals surface area contributed by atoms with E-state index in [1.165, 1.54) is 6.08 Å². The normalized spacial score (nSPS) is 18.2. The highest BCUT2D eigenvalue weighted by molar-refractivity contribution is 6.36. The first-order valence-corrected chi connectivity index (χ1v) is 12.3. The van der Waals surface area contributed by atoms with Crippen molar-refractivity contribution in [2.75, 3.05) is 18.4 Å². The van der Waals surface area contributed by atoms with Crippen molar-refractivity contribution < 1.29 is 14.3 Å². The topological polar surface area (TPSA) is 89.4 Å². The van der Waals surface area contributed by atoms with Gasteiger partial charge in [-0.05, 0) is 69.4 Å². The molecule has 3 aromatic rings. The van der Waals surface area contributed by atoms with E-state index in [4.69, 9.17) is 21.3 Å². The lowest BCUT2D eigenvalue weighted by Gasteiger charge is -2.26. The van der Waals surface area contributed by atoms with Gasteiger partial charge in [-0.15, -0.1) is 0 Å². The van der Waals surface area contributed by atoms with Gasteiger partial charge >= 0.3 is 0 Å². The summed E-state index contributed by atoms with van der Waals surface area (Å²) in [5.74, 6) is 0.606. The van der Waals surface area contributed by atoms with Crippen molar-refractivity contribution >= 4 is 40.4 Å². The lowest BCUT2D eigenvalue weighted by molar-refractivity contribution is -0.126. The summed E-state index contributed by atoms with van der Waals surface area (Å²) in [6.45, 7) is 6.62. The quantitative estimate of drug-likeness (QED) is 0.492. The van der Waals surface area contributed by atoms with Crippen LogP contribution in [0.4, 0.5) is 5.95 Å². The zero-order valence-electron chi connectivity index (χ0n) is 19.7. The Hall–Kier alpha value is -3.39. The maximum atomic E-state index is 13.1. The molecular weight excluding hydrogens is 466 g/mol. The maximum absolute atomic E-state index is 13.1. The van der Waals surface area contributed by atoms with Crippen LogP contribution in [0.1, 0.15) is 54.2 Å². The average Bonchev–Trinajstić information content (AvgIpc) is 3.64. The second-order valence-electron chi connectivity index (χ2n) is 9.15. The van der Waals surface area contributed by atoms with Crippen molar-refractivity contribution in [2.45, 2.75) is 51.2 Å². The fourth-order valence-electron chi connectivity index (χ4n) is 4.55. The number of anilines is 1. The predicted octanol–water partition coefficient (Wildman–Crippen LogP) is 4.93. The highest BCUT2D eigenvalue weighted by Gasteiger charge is 2.30. The fraction of sp³-hybridized carbons (Fsp3) is 0.385. The van der Waals surface area contributed by atoms with E-state index in [2.05, 4.69) is 16.9 Å². The smallest absolute Gasteiger partial charge is 0.258 e. The van der Waals surface area contributed by atoms with Crippen molar-refractivity contribution in [1.29, 1.82) is 0 Å². The van der Waals surface area contributed by atoms with Crippen LogP contribution in [0.25, 0.3) is 11.0 Å². The van der Waals surface area contributed by atoms with E-state index in [-0.39, 0.29) is 24.0 Å². The SMILES string of the molecule is C=CC(=O)N1CCCC[C@@H](n2c(NC(=O)c3ccnc(C)c3)nc3ccc(OC4CC4)c(Cl)c32)C1. The fourth-order valence-corrected chi connectivity index (χ4v) is 4.84. The Balaban J connectivity index is 1.59. The molecule has 5 rings (SSSR count). The molecule has 1 saturated heterocycles. The molecule has 0 radical (unpaired) electrons. The minimum absolute atomic E-state index is 0.108. The largest absolute Gasteiger partial charge is 0.489 e. The molecule has 1 aromatic carbocycles. The van der Waals surface area contributed by atoms with E-state index in [0.29, 0.717) is 46.4 Å². The molecule has 3 heterocycles. The number of carbonyl (C=O) groups is 2. The first-order valence-electron chi connectivity index (χ1n) is 12.0. The van der Waals surface area contributed by atoms with Crippen LogP contribution in [0, 0.1) is 6.92 Å².